The van der Waals surface area contributed by atoms with E-state index in [9.17, 15) is 43.2 Å². The summed E-state index contributed by atoms with van der Waals surface area (Å²) >= 11 is 0. The molecule has 0 heterocycles. The molecule has 0 fully saturated rings. The van der Waals surface area contributed by atoms with Gasteiger partial charge in [-0.25, -0.2) is 8.37 Å². The van der Waals surface area contributed by atoms with Crippen molar-refractivity contribution >= 4 is 41.9 Å². The molecule has 6 nitrogen and oxygen atoms in total. The summed E-state index contributed by atoms with van der Waals surface area (Å²) in [6.07, 6.45) is 2.73. The van der Waals surface area contributed by atoms with Crippen LogP contribution < -0.4 is 0 Å². The van der Waals surface area contributed by atoms with Crippen molar-refractivity contribution in [2.75, 3.05) is 0 Å². The summed E-state index contributed by atoms with van der Waals surface area (Å²) < 4.78 is 137. The van der Waals surface area contributed by atoms with Gasteiger partial charge in [0.15, 0.2) is 0 Å². The maximum Gasteiger partial charge on any atom is 0.523 e. The Hall–Kier alpha value is -1.58. The van der Waals surface area contributed by atoms with Crippen LogP contribution in [0.1, 0.15) is 36.1 Å². The number of fused-ring (bicyclic) bond motifs is 2. The zero-order valence-electron chi connectivity index (χ0n) is 19.3. The minimum atomic E-state index is -6.11. The summed E-state index contributed by atoms with van der Waals surface area (Å²) in [4.78, 5) is 0. The molecule has 2 aliphatic rings. The fraction of sp³-hybridized carbons (Fsp3) is 0.273. The van der Waals surface area contributed by atoms with Gasteiger partial charge in [-0.2, -0.15) is 43.2 Å². The Labute approximate surface area is 235 Å². The smallest absolute Gasteiger partial charge is 0.248 e. The summed E-state index contributed by atoms with van der Waals surface area (Å²) in [5.74, 6) is 0. The van der Waals surface area contributed by atoms with E-state index in [0.717, 1.165) is 13.8 Å². The Bertz CT molecular complexity index is 1440. The van der Waals surface area contributed by atoms with Crippen molar-refractivity contribution in [1.29, 1.82) is 0 Å². The Morgan fingerprint density at radius 3 is 1.29 bits per heavy atom. The zero-order valence-corrected chi connectivity index (χ0v) is 24.4. The molecular formula is C22H16F6O6S2SiZr. The normalized spacial score (nSPS) is 23.3. The average Bonchev–Trinajstić information content (AvgIpc) is 3.17. The SMILES string of the molecule is CC1(OS(=O)(=O)C(F)(F)F)C([Si]C2=Cc3ccccc3C2(C)OS(=O)(=O)C(F)(F)F)=Cc2ccccc21.[Zr]. The van der Waals surface area contributed by atoms with E-state index in [1.807, 2.05) is 0 Å². The predicted octanol–water partition coefficient (Wildman–Crippen LogP) is 4.96. The molecule has 2 unspecified atom stereocenters. The van der Waals surface area contributed by atoms with Crippen molar-refractivity contribution in [3.05, 3.63) is 81.2 Å². The summed E-state index contributed by atoms with van der Waals surface area (Å²) in [6, 6.07) is 11.7. The first-order valence-corrected chi connectivity index (χ1v) is 14.1. The number of hydrogen-bond acceptors (Lipinski definition) is 6. The molecule has 16 heteroatoms. The minimum absolute atomic E-state index is 0. The second-order valence-corrected chi connectivity index (χ2v) is 12.9. The van der Waals surface area contributed by atoms with Gasteiger partial charge in [0.25, 0.3) is 0 Å². The van der Waals surface area contributed by atoms with Crippen molar-refractivity contribution in [2.24, 2.45) is 0 Å². The molecule has 202 valence electrons. The Kier molecular flexibility index (Phi) is 7.99. The first-order chi connectivity index (χ1) is 16.8. The van der Waals surface area contributed by atoms with Gasteiger partial charge in [-0.05, 0) is 46.5 Å². The van der Waals surface area contributed by atoms with E-state index >= 15 is 0 Å². The number of hydrogen-bond donors (Lipinski definition) is 0. The molecule has 2 aliphatic carbocycles. The van der Waals surface area contributed by atoms with Gasteiger partial charge >= 0.3 is 31.3 Å². The van der Waals surface area contributed by atoms with Crippen LogP contribution in [0.3, 0.4) is 0 Å². The van der Waals surface area contributed by atoms with Gasteiger partial charge in [-0.1, -0.05) is 60.7 Å². The van der Waals surface area contributed by atoms with Crippen LogP contribution in [0.15, 0.2) is 58.9 Å². The zero-order chi connectivity index (χ0) is 27.7. The van der Waals surface area contributed by atoms with Gasteiger partial charge in [0.05, 0.1) is 0 Å². The van der Waals surface area contributed by atoms with Crippen LogP contribution in [0.4, 0.5) is 26.3 Å². The molecule has 0 saturated heterocycles. The van der Waals surface area contributed by atoms with Gasteiger partial charge in [-0.3, -0.25) is 0 Å². The Balaban J connectivity index is 0.00000400. The topological polar surface area (TPSA) is 86.7 Å². The third kappa shape index (κ3) is 5.15. The molecule has 2 aromatic carbocycles. The van der Waals surface area contributed by atoms with E-state index in [4.69, 9.17) is 8.37 Å². The third-order valence-corrected chi connectivity index (χ3v) is 9.99. The summed E-state index contributed by atoms with van der Waals surface area (Å²) in [5, 5.41) is -0.0837. The van der Waals surface area contributed by atoms with Crippen LogP contribution in [0, 0.1) is 0 Å². The maximum absolute atomic E-state index is 13.2. The van der Waals surface area contributed by atoms with Gasteiger partial charge in [0.2, 0.25) is 0 Å². The third-order valence-electron chi connectivity index (χ3n) is 5.97. The van der Waals surface area contributed by atoms with E-state index in [1.54, 1.807) is 12.1 Å². The van der Waals surface area contributed by atoms with Crippen LogP contribution in [0.25, 0.3) is 12.2 Å². The Morgan fingerprint density at radius 1 is 0.658 bits per heavy atom. The quantitative estimate of drug-likeness (QED) is 0.187. The van der Waals surface area contributed by atoms with Gasteiger partial charge in [0, 0.05) is 26.2 Å². The van der Waals surface area contributed by atoms with Gasteiger partial charge in [-0.15, -0.1) is 0 Å². The molecule has 0 aromatic heterocycles. The summed E-state index contributed by atoms with van der Waals surface area (Å²) in [7, 11) is -13.0. The summed E-state index contributed by atoms with van der Waals surface area (Å²) in [5.41, 5.74) is -15.1. The van der Waals surface area contributed by atoms with Crippen LogP contribution in [-0.4, -0.2) is 37.4 Å². The van der Waals surface area contributed by atoms with Gasteiger partial charge in [0.1, 0.15) is 20.7 Å². The molecule has 0 spiro atoms. The maximum atomic E-state index is 13.2. The number of halogens is 6. The molecule has 0 amide bonds. The van der Waals surface area contributed by atoms with Crippen molar-refractivity contribution in [3.63, 3.8) is 0 Å². The van der Waals surface area contributed by atoms with E-state index < -0.39 is 52.0 Å². The standard InChI is InChI=1S/C22H16F6O6S2Si.Zr/c1-19(33-35(29,30)21(23,24)25)15-9-5-3-7-13(15)11-17(19)37-18-12-14-8-4-6-10-16(14)20(18,2)34-36(31,32)22(26,27)28;/h3-12H,1-2H3;. The second kappa shape index (κ2) is 9.81. The van der Waals surface area contributed by atoms with E-state index in [1.165, 1.54) is 48.6 Å². The van der Waals surface area contributed by atoms with Crippen molar-refractivity contribution < 1.29 is 77.7 Å². The predicted molar refractivity (Wildman–Crippen MR) is 121 cm³/mol. The monoisotopic (exact) mass is 672 g/mol. The van der Waals surface area contributed by atoms with E-state index in [-0.39, 0.29) is 47.7 Å². The van der Waals surface area contributed by atoms with Crippen molar-refractivity contribution in [1.82, 2.24) is 0 Å². The van der Waals surface area contributed by atoms with Crippen molar-refractivity contribution in [3.8, 4) is 0 Å². The molecule has 2 aromatic rings. The molecule has 0 bridgehead atoms. The molecule has 0 saturated carbocycles. The molecule has 0 aliphatic heterocycles. The fourth-order valence-electron chi connectivity index (χ4n) is 4.16. The van der Waals surface area contributed by atoms with Gasteiger partial charge < -0.3 is 0 Å². The Morgan fingerprint density at radius 2 is 0.974 bits per heavy atom. The number of rotatable bonds is 6. The van der Waals surface area contributed by atoms with Crippen molar-refractivity contribution in [2.45, 2.75) is 36.1 Å². The van der Waals surface area contributed by atoms with E-state index in [0.29, 0.717) is 11.1 Å². The van der Waals surface area contributed by atoms with Crippen LogP contribution in [0.2, 0.25) is 0 Å². The largest absolute Gasteiger partial charge is 0.523 e. The van der Waals surface area contributed by atoms with Crippen LogP contribution >= 0.6 is 0 Å². The number of alkyl halides is 6. The number of benzene rings is 2. The average molecular weight is 674 g/mol. The molecule has 2 atom stereocenters. The van der Waals surface area contributed by atoms with Crippen LogP contribution in [-0.2, 0) is 66.0 Å². The fourth-order valence-corrected chi connectivity index (χ4v) is 7.33. The molecule has 0 N–H and O–H groups in total. The summed E-state index contributed by atoms with van der Waals surface area (Å²) in [6.45, 7) is 2.18. The van der Waals surface area contributed by atoms with Crippen LogP contribution in [0.5, 0.6) is 0 Å². The molecular weight excluding hydrogens is 658 g/mol. The first kappa shape index (κ1) is 31.0. The molecule has 4 rings (SSSR count). The first-order valence-electron chi connectivity index (χ1n) is 10.3. The molecule has 38 heavy (non-hydrogen) atoms. The molecule has 2 radical (unpaired) electrons. The van der Waals surface area contributed by atoms with E-state index in [2.05, 4.69) is 0 Å². The minimum Gasteiger partial charge on any atom is -0.248 e. The second-order valence-electron chi connectivity index (χ2n) is 8.45.